The van der Waals surface area contributed by atoms with E-state index in [0.717, 1.165) is 0 Å². The van der Waals surface area contributed by atoms with Crippen LogP contribution in [-0.2, 0) is 12.9 Å². The van der Waals surface area contributed by atoms with Crippen LogP contribution in [0.5, 0.6) is 0 Å². The van der Waals surface area contributed by atoms with Crippen LogP contribution >= 0.6 is 20.3 Å². The molecule has 0 spiro atoms. The van der Waals surface area contributed by atoms with Crippen molar-refractivity contribution in [3.63, 3.8) is 0 Å². The van der Waals surface area contributed by atoms with Crippen LogP contribution in [0.3, 0.4) is 0 Å². The molecule has 5 heavy (non-hydrogen) atoms. The summed E-state index contributed by atoms with van der Waals surface area (Å²) < 4.78 is 0. The maximum Gasteiger partial charge on any atom is 1.00 e. The van der Waals surface area contributed by atoms with E-state index in [1.807, 2.05) is 0 Å². The molecule has 0 bridgehead atoms. The summed E-state index contributed by atoms with van der Waals surface area (Å²) in [5.74, 6) is 0. The molecule has 0 amide bonds. The van der Waals surface area contributed by atoms with Gasteiger partial charge in [-0.3, -0.25) is 0 Å². The van der Waals surface area contributed by atoms with Gasteiger partial charge in [0.2, 0.25) is 0 Å². The van der Waals surface area contributed by atoms with Crippen molar-refractivity contribution in [2.75, 3.05) is 0 Å². The average molecular weight is 251 g/mol. The fourth-order valence-corrected chi connectivity index (χ4v) is 0. The van der Waals surface area contributed by atoms with Crippen LogP contribution in [0, 0.1) is 0 Å². The maximum atomic E-state index is 4.73. The fourth-order valence-electron chi connectivity index (χ4n) is 0. The molecule has 0 aromatic rings. The van der Waals surface area contributed by atoms with E-state index in [2.05, 4.69) is 0 Å². The largest absolute Gasteiger partial charge is 1.00 e. The van der Waals surface area contributed by atoms with E-state index in [9.17, 15) is 0 Å². The minimum Gasteiger partial charge on any atom is 1.00 e. The second-order valence-corrected chi connectivity index (χ2v) is 1.77. The summed E-state index contributed by atoms with van der Waals surface area (Å²) in [5, 5.41) is 0. The third kappa shape index (κ3) is 19.0. The molecular weight excluding hydrogens is 251 g/mol. The summed E-state index contributed by atoms with van der Waals surface area (Å²) in [6.07, 6.45) is 0. The Morgan fingerprint density at radius 2 is 1.20 bits per heavy atom. The van der Waals surface area contributed by atoms with Crippen LogP contribution in [0.2, 0.25) is 0 Å². The van der Waals surface area contributed by atoms with Gasteiger partial charge >= 0.3 is 91.4 Å². The molecule has 0 aliphatic rings. The fraction of sp³-hybridized carbons (Fsp3) is 0. The van der Waals surface area contributed by atoms with E-state index >= 15 is 0 Å². The van der Waals surface area contributed by atoms with Crippen molar-refractivity contribution in [3.05, 3.63) is 0 Å². The summed E-state index contributed by atoms with van der Waals surface area (Å²) in [5.41, 5.74) is 0. The Balaban J connectivity index is -0.0000000200. The van der Waals surface area contributed by atoms with E-state index < -0.39 is 0 Å². The molecule has 0 N–H and O–H groups in total. The minimum absolute atomic E-state index is 0. The molecule has 0 aromatic carbocycles. The molecule has 0 heterocycles. The Kier molecular flexibility index (Phi) is 49.3. The summed E-state index contributed by atoms with van der Waals surface area (Å²) in [7, 11) is 9.47. The Hall–Kier alpha value is 3.18. The molecule has 0 aromatic heterocycles. The van der Waals surface area contributed by atoms with Crippen LogP contribution < -0.4 is 70.6 Å². The predicted molar refractivity (Wildman–Crippen MR) is 11.7 cm³/mol. The van der Waals surface area contributed by atoms with E-state index in [4.69, 9.17) is 20.3 Å². The van der Waals surface area contributed by atoms with Crippen LogP contribution in [-0.4, -0.2) is 0 Å². The Bertz CT molecular complexity index is 6.85. The summed E-state index contributed by atoms with van der Waals surface area (Å²) >= 11 is 0.382. The number of halogens is 3. The third-order valence-electron chi connectivity index (χ3n) is 0. The first-order valence-corrected chi connectivity index (χ1v) is 3.12. The second-order valence-electron chi connectivity index (χ2n) is 0.0476. The summed E-state index contributed by atoms with van der Waals surface area (Å²) in [6.45, 7) is 0. The zero-order valence-corrected chi connectivity index (χ0v) is 10.7. The number of hydrogen-bond donors (Lipinski definition) is 0. The molecule has 0 nitrogen and oxygen atoms in total. The zero-order chi connectivity index (χ0) is 2.71. The van der Waals surface area contributed by atoms with Gasteiger partial charge in [0.15, 0.2) is 0 Å². The molecule has 0 radical (unpaired) electrons. The van der Waals surface area contributed by atoms with Crippen molar-refractivity contribution in [1.29, 1.82) is 0 Å². The quantitative estimate of drug-likeness (QED) is 0.406. The van der Waals surface area contributed by atoms with Crippen LogP contribution in [0.1, 0.15) is 0 Å². The molecule has 0 saturated carbocycles. The van der Waals surface area contributed by atoms with Crippen molar-refractivity contribution in [1.82, 2.24) is 0 Å². The van der Waals surface area contributed by atoms with Gasteiger partial charge in [0, 0.05) is 0 Å². The number of hydrogen-bond acceptors (Lipinski definition) is 0. The van der Waals surface area contributed by atoms with Crippen molar-refractivity contribution in [3.8, 4) is 0 Å². The summed E-state index contributed by atoms with van der Waals surface area (Å²) in [6, 6.07) is 0. The van der Waals surface area contributed by atoms with Gasteiger partial charge in [-0.1, -0.05) is 0 Å². The zero-order valence-electron chi connectivity index (χ0n) is 2.47. The second kappa shape index (κ2) is 15.7. The first-order chi connectivity index (χ1) is 1.41. The predicted octanol–water partition coefficient (Wildman–Crippen LogP) is -4.62. The SMILES string of the molecule is [Cl-].[Cl][Co][Cl].[Rb+]. The van der Waals surface area contributed by atoms with Crippen LogP contribution in [0.15, 0.2) is 0 Å². The normalized spacial score (nSPS) is 4.40. The van der Waals surface area contributed by atoms with Gasteiger partial charge in [0.1, 0.15) is 0 Å². The number of rotatable bonds is 0. The van der Waals surface area contributed by atoms with Crippen molar-refractivity contribution in [2.24, 2.45) is 0 Å². The minimum atomic E-state index is 0. The molecule has 0 saturated heterocycles. The van der Waals surface area contributed by atoms with Crippen molar-refractivity contribution in [2.45, 2.75) is 0 Å². The molecular formula is Cl3CoRb. The Morgan fingerprint density at radius 3 is 1.20 bits per heavy atom. The molecule has 0 unspecified atom stereocenters. The van der Waals surface area contributed by atoms with Crippen LogP contribution in [0.25, 0.3) is 0 Å². The average Bonchev–Trinajstić information content (AvgIpc) is 0.918. The Morgan fingerprint density at radius 1 is 1.20 bits per heavy atom. The molecule has 0 aliphatic heterocycles. The molecule has 31 valence electrons. The molecule has 0 fully saturated rings. The van der Waals surface area contributed by atoms with Gasteiger partial charge in [0.25, 0.3) is 0 Å². The van der Waals surface area contributed by atoms with E-state index in [0.29, 0.717) is 12.9 Å². The van der Waals surface area contributed by atoms with Crippen molar-refractivity contribution < 1.29 is 83.5 Å². The molecule has 0 rings (SSSR count). The van der Waals surface area contributed by atoms with Gasteiger partial charge in [-0.05, 0) is 0 Å². The van der Waals surface area contributed by atoms with E-state index in [1.165, 1.54) is 0 Å². The maximum absolute atomic E-state index is 4.73. The smallest absolute Gasteiger partial charge is 1.00 e. The van der Waals surface area contributed by atoms with Crippen LogP contribution in [0.4, 0.5) is 0 Å². The van der Waals surface area contributed by atoms with E-state index in [-0.39, 0.29) is 70.6 Å². The topological polar surface area (TPSA) is 0 Å². The van der Waals surface area contributed by atoms with Gasteiger partial charge in [-0.15, -0.1) is 0 Å². The Labute approximate surface area is 101 Å². The first kappa shape index (κ1) is 15.7. The third-order valence-corrected chi connectivity index (χ3v) is 0. The standard InChI is InChI=1S/3ClH.Co.Rb/h3*1H;;/q;;;+2;+1/p-3. The molecule has 0 aliphatic carbocycles. The monoisotopic (exact) mass is 249 g/mol. The first-order valence-electron chi connectivity index (χ1n) is 0.252. The van der Waals surface area contributed by atoms with Gasteiger partial charge < -0.3 is 12.4 Å². The molecule has 5 heteroatoms. The van der Waals surface area contributed by atoms with E-state index in [1.54, 1.807) is 0 Å². The van der Waals surface area contributed by atoms with Gasteiger partial charge in [0.05, 0.1) is 0 Å². The molecule has 0 atom stereocenters. The van der Waals surface area contributed by atoms with Gasteiger partial charge in [-0.2, -0.15) is 0 Å². The van der Waals surface area contributed by atoms with Crippen molar-refractivity contribution >= 4 is 20.3 Å². The summed E-state index contributed by atoms with van der Waals surface area (Å²) in [4.78, 5) is 0. The van der Waals surface area contributed by atoms with Gasteiger partial charge in [-0.25, -0.2) is 0 Å².